The minimum Gasteiger partial charge on any atom is -0.484 e. The predicted octanol–water partition coefficient (Wildman–Crippen LogP) is 3.56. The molecule has 3 heterocycles. The van der Waals surface area contributed by atoms with Gasteiger partial charge in [-0.1, -0.05) is 38.1 Å². The van der Waals surface area contributed by atoms with Crippen molar-refractivity contribution < 1.29 is 9.47 Å². The van der Waals surface area contributed by atoms with Gasteiger partial charge in [-0.15, -0.1) is 0 Å². The fraction of sp³-hybridized carbons (Fsp3) is 0.522. The molecule has 3 aliphatic rings. The molecule has 5 rings (SSSR count). The van der Waals surface area contributed by atoms with Crippen LogP contribution in [0.3, 0.4) is 0 Å². The van der Waals surface area contributed by atoms with Crippen molar-refractivity contribution in [3.63, 3.8) is 0 Å². The summed E-state index contributed by atoms with van der Waals surface area (Å²) in [5.41, 5.74) is 2.94. The van der Waals surface area contributed by atoms with Crippen LogP contribution in [-0.2, 0) is 6.54 Å². The number of aromatic nitrogens is 1. The number of nitrogens with one attached hydrogen (secondary N) is 1. The third kappa shape index (κ3) is 3.16. The monoisotopic (exact) mass is 379 g/mol. The SMILES string of the molecule is CCNC1C[C@H]2CC1(C)CN2Cc1ccc(C2COc3cccnc3O2)cc1. The lowest BCUT2D eigenvalue weighted by Gasteiger charge is -2.37. The van der Waals surface area contributed by atoms with Gasteiger partial charge in [-0.25, -0.2) is 4.98 Å². The van der Waals surface area contributed by atoms with E-state index in [4.69, 9.17) is 9.47 Å². The molecule has 148 valence electrons. The van der Waals surface area contributed by atoms with E-state index in [1.807, 2.05) is 12.1 Å². The molecule has 0 spiro atoms. The molecular weight excluding hydrogens is 350 g/mol. The van der Waals surface area contributed by atoms with E-state index in [1.54, 1.807) is 6.20 Å². The number of nitrogens with zero attached hydrogens (tertiary/aromatic N) is 2. The van der Waals surface area contributed by atoms with Crippen molar-refractivity contribution in [2.24, 2.45) is 5.41 Å². The van der Waals surface area contributed by atoms with E-state index >= 15 is 0 Å². The predicted molar refractivity (Wildman–Crippen MR) is 109 cm³/mol. The first-order valence-electron chi connectivity index (χ1n) is 10.5. The first-order valence-corrected chi connectivity index (χ1v) is 10.5. The van der Waals surface area contributed by atoms with Crippen LogP contribution in [0.1, 0.15) is 43.9 Å². The molecule has 1 saturated carbocycles. The number of ether oxygens (including phenoxy) is 2. The van der Waals surface area contributed by atoms with Crippen LogP contribution in [0.2, 0.25) is 0 Å². The molecule has 4 atom stereocenters. The number of fused-ring (bicyclic) bond motifs is 3. The third-order valence-electron chi connectivity index (χ3n) is 6.70. The van der Waals surface area contributed by atoms with E-state index in [0.717, 1.165) is 24.4 Å². The van der Waals surface area contributed by atoms with Crippen molar-refractivity contribution in [1.29, 1.82) is 0 Å². The van der Waals surface area contributed by atoms with Crippen LogP contribution in [0, 0.1) is 5.41 Å². The van der Waals surface area contributed by atoms with Gasteiger partial charge < -0.3 is 14.8 Å². The lowest BCUT2D eigenvalue weighted by atomic mass is 9.85. The van der Waals surface area contributed by atoms with E-state index in [2.05, 4.69) is 53.3 Å². The van der Waals surface area contributed by atoms with E-state index in [-0.39, 0.29) is 6.10 Å². The second-order valence-corrected chi connectivity index (χ2v) is 8.73. The summed E-state index contributed by atoms with van der Waals surface area (Å²) >= 11 is 0. The Balaban J connectivity index is 1.23. The second kappa shape index (κ2) is 7.05. The average molecular weight is 380 g/mol. The minimum atomic E-state index is -0.0981. The summed E-state index contributed by atoms with van der Waals surface area (Å²) in [5.74, 6) is 1.31. The Morgan fingerprint density at radius 3 is 2.86 bits per heavy atom. The molecule has 1 aromatic heterocycles. The molecule has 0 amide bonds. The maximum Gasteiger partial charge on any atom is 0.257 e. The summed E-state index contributed by atoms with van der Waals surface area (Å²) in [7, 11) is 0. The van der Waals surface area contributed by atoms with Gasteiger partial charge in [-0.05, 0) is 48.1 Å². The van der Waals surface area contributed by atoms with Crippen LogP contribution in [0.15, 0.2) is 42.6 Å². The molecule has 2 aliphatic heterocycles. The minimum absolute atomic E-state index is 0.0981. The van der Waals surface area contributed by atoms with E-state index in [9.17, 15) is 0 Å². The van der Waals surface area contributed by atoms with Crippen LogP contribution in [0.25, 0.3) is 0 Å². The molecule has 2 aromatic rings. The number of hydrogen-bond donors (Lipinski definition) is 1. The lowest BCUT2D eigenvalue weighted by Crippen LogP contribution is -2.48. The highest BCUT2D eigenvalue weighted by molar-refractivity contribution is 5.36. The maximum atomic E-state index is 6.03. The molecule has 0 radical (unpaired) electrons. The highest BCUT2D eigenvalue weighted by atomic mass is 16.6. The van der Waals surface area contributed by atoms with Gasteiger partial charge in [0.25, 0.3) is 5.88 Å². The van der Waals surface area contributed by atoms with Crippen molar-refractivity contribution in [3.8, 4) is 11.6 Å². The molecule has 2 bridgehead atoms. The zero-order chi connectivity index (χ0) is 19.1. The van der Waals surface area contributed by atoms with Gasteiger partial charge in [0, 0.05) is 31.4 Å². The molecule has 1 aromatic carbocycles. The Morgan fingerprint density at radius 1 is 1.25 bits per heavy atom. The van der Waals surface area contributed by atoms with Gasteiger partial charge in [0.2, 0.25) is 0 Å². The molecule has 5 heteroatoms. The molecule has 5 nitrogen and oxygen atoms in total. The molecule has 3 unspecified atom stereocenters. The Bertz CT molecular complexity index is 840. The summed E-state index contributed by atoms with van der Waals surface area (Å²) in [6, 6.07) is 14.0. The highest BCUT2D eigenvalue weighted by Gasteiger charge is 2.52. The standard InChI is InChI=1S/C23H29N3O2/c1-3-24-21-11-18-12-23(21,2)15-26(18)13-16-6-8-17(9-7-16)20-14-27-19-5-4-10-25-22(19)28-20/h4-10,18,20-21,24H,3,11-15H2,1-2H3/t18-,20?,21?,23?/m0/s1. The summed E-state index contributed by atoms with van der Waals surface area (Å²) < 4.78 is 11.8. The summed E-state index contributed by atoms with van der Waals surface area (Å²) in [6.45, 7) is 8.49. The molecule has 1 N–H and O–H groups in total. The Kier molecular flexibility index (Phi) is 4.52. The van der Waals surface area contributed by atoms with Crippen LogP contribution in [0.4, 0.5) is 0 Å². The van der Waals surface area contributed by atoms with E-state index < -0.39 is 0 Å². The highest BCUT2D eigenvalue weighted by Crippen LogP contribution is 2.48. The normalized spacial score (nSPS) is 31.3. The summed E-state index contributed by atoms with van der Waals surface area (Å²) in [5, 5.41) is 3.69. The van der Waals surface area contributed by atoms with Gasteiger partial charge in [-0.3, -0.25) is 4.90 Å². The van der Waals surface area contributed by atoms with Crippen molar-refractivity contribution in [2.75, 3.05) is 19.7 Å². The lowest BCUT2D eigenvalue weighted by molar-refractivity contribution is 0.0850. The van der Waals surface area contributed by atoms with Crippen molar-refractivity contribution in [3.05, 3.63) is 53.7 Å². The molecule has 1 aliphatic carbocycles. The zero-order valence-corrected chi connectivity index (χ0v) is 16.7. The summed E-state index contributed by atoms with van der Waals surface area (Å²) in [6.07, 6.45) is 4.24. The van der Waals surface area contributed by atoms with Gasteiger partial charge in [0.15, 0.2) is 11.9 Å². The quantitative estimate of drug-likeness (QED) is 0.861. The van der Waals surface area contributed by atoms with Gasteiger partial charge in [0.05, 0.1) is 0 Å². The Morgan fingerprint density at radius 2 is 2.11 bits per heavy atom. The van der Waals surface area contributed by atoms with Crippen molar-refractivity contribution in [2.45, 2.75) is 51.4 Å². The van der Waals surface area contributed by atoms with Gasteiger partial charge in [0.1, 0.15) is 6.61 Å². The second-order valence-electron chi connectivity index (χ2n) is 8.73. The largest absolute Gasteiger partial charge is 0.484 e. The first kappa shape index (κ1) is 18.0. The molecule has 2 fully saturated rings. The smallest absolute Gasteiger partial charge is 0.257 e. The zero-order valence-electron chi connectivity index (χ0n) is 16.7. The average Bonchev–Trinajstić information content (AvgIpc) is 3.21. The number of hydrogen-bond acceptors (Lipinski definition) is 5. The molecule has 28 heavy (non-hydrogen) atoms. The van der Waals surface area contributed by atoms with Gasteiger partial charge in [-0.2, -0.15) is 0 Å². The van der Waals surface area contributed by atoms with Crippen LogP contribution in [-0.4, -0.2) is 41.7 Å². The van der Waals surface area contributed by atoms with Crippen LogP contribution < -0.4 is 14.8 Å². The van der Waals surface area contributed by atoms with E-state index in [0.29, 0.717) is 30.0 Å². The van der Waals surface area contributed by atoms with Crippen LogP contribution in [0.5, 0.6) is 11.6 Å². The Labute approximate surface area is 167 Å². The number of rotatable bonds is 5. The number of pyridine rings is 1. The fourth-order valence-corrected chi connectivity index (χ4v) is 5.27. The molecule has 1 saturated heterocycles. The first-order chi connectivity index (χ1) is 13.6. The van der Waals surface area contributed by atoms with Crippen LogP contribution >= 0.6 is 0 Å². The van der Waals surface area contributed by atoms with Crippen molar-refractivity contribution in [1.82, 2.24) is 15.2 Å². The maximum absolute atomic E-state index is 6.03. The van der Waals surface area contributed by atoms with Crippen molar-refractivity contribution >= 4 is 0 Å². The summed E-state index contributed by atoms with van der Waals surface area (Å²) in [4.78, 5) is 6.94. The number of likely N-dealkylation sites (tertiary alicyclic amines) is 1. The fourth-order valence-electron chi connectivity index (χ4n) is 5.27. The Hall–Kier alpha value is -2.11. The number of piperidine rings is 1. The van der Waals surface area contributed by atoms with E-state index in [1.165, 1.54) is 24.9 Å². The third-order valence-corrected chi connectivity index (χ3v) is 6.70. The molecular formula is C23H29N3O2. The van der Waals surface area contributed by atoms with Gasteiger partial charge >= 0.3 is 0 Å². The number of benzene rings is 1. The topological polar surface area (TPSA) is 46.6 Å².